The Balaban J connectivity index is 2.08. The third-order valence-corrected chi connectivity index (χ3v) is 3.96. The van der Waals surface area contributed by atoms with Gasteiger partial charge >= 0.3 is 0 Å². The molecule has 18 heavy (non-hydrogen) atoms. The zero-order chi connectivity index (χ0) is 12.6. The van der Waals surface area contributed by atoms with Gasteiger partial charge in [-0.05, 0) is 37.6 Å². The van der Waals surface area contributed by atoms with Gasteiger partial charge in [-0.15, -0.1) is 0 Å². The quantitative estimate of drug-likeness (QED) is 0.832. The second-order valence-corrected chi connectivity index (χ2v) is 5.21. The molecule has 3 rings (SSSR count). The van der Waals surface area contributed by atoms with Gasteiger partial charge in [0.1, 0.15) is 0 Å². The summed E-state index contributed by atoms with van der Waals surface area (Å²) in [7, 11) is 2.10. The molecule has 94 valence electrons. The zero-order valence-corrected chi connectivity index (χ0v) is 10.6. The number of hydrogen-bond acceptors (Lipinski definition) is 3. The molecule has 2 aromatic rings. The van der Waals surface area contributed by atoms with E-state index in [1.807, 2.05) is 30.3 Å². The molecule has 1 N–H and O–H groups in total. The van der Waals surface area contributed by atoms with Gasteiger partial charge in [0.2, 0.25) is 0 Å². The summed E-state index contributed by atoms with van der Waals surface area (Å²) in [6.45, 7) is 1.88. The first-order valence-corrected chi connectivity index (χ1v) is 6.44. The molecule has 1 fully saturated rings. The van der Waals surface area contributed by atoms with E-state index in [1.54, 1.807) is 6.20 Å². The van der Waals surface area contributed by atoms with Crippen LogP contribution < -0.4 is 0 Å². The number of piperidine rings is 1. The molecule has 0 saturated carbocycles. The van der Waals surface area contributed by atoms with E-state index in [4.69, 9.17) is 0 Å². The topological polar surface area (TPSA) is 36.4 Å². The predicted molar refractivity (Wildman–Crippen MR) is 72.4 cm³/mol. The summed E-state index contributed by atoms with van der Waals surface area (Å²) in [5, 5.41) is 12.0. The molecule has 0 bridgehead atoms. The van der Waals surface area contributed by atoms with Gasteiger partial charge in [-0.1, -0.05) is 18.2 Å². The van der Waals surface area contributed by atoms with Crippen molar-refractivity contribution in [2.24, 2.45) is 0 Å². The SMILES string of the molecule is CN1CCC(O)(c2ccnc3ccccc23)CC1. The number of benzene rings is 1. The molecule has 3 nitrogen and oxygen atoms in total. The standard InChI is InChI=1S/C15H18N2O/c1-17-10-7-15(18,8-11-17)13-6-9-16-14-5-3-2-4-12(13)14/h2-6,9,18H,7-8,10-11H2,1H3. The van der Waals surface area contributed by atoms with Crippen LogP contribution in [-0.4, -0.2) is 35.1 Å². The molecule has 1 aromatic heterocycles. The number of hydrogen-bond donors (Lipinski definition) is 1. The van der Waals surface area contributed by atoms with Gasteiger partial charge in [-0.2, -0.15) is 0 Å². The Morgan fingerprint density at radius 3 is 2.67 bits per heavy atom. The number of rotatable bonds is 1. The van der Waals surface area contributed by atoms with E-state index < -0.39 is 5.60 Å². The minimum absolute atomic E-state index is 0.699. The summed E-state index contributed by atoms with van der Waals surface area (Å²) in [4.78, 5) is 6.62. The Morgan fingerprint density at radius 1 is 1.17 bits per heavy atom. The Hall–Kier alpha value is -1.45. The second kappa shape index (κ2) is 4.34. The molecule has 3 heteroatoms. The van der Waals surface area contributed by atoms with Crippen LogP contribution in [0.4, 0.5) is 0 Å². The third kappa shape index (κ3) is 1.89. The maximum absolute atomic E-state index is 10.9. The first-order valence-electron chi connectivity index (χ1n) is 6.44. The lowest BCUT2D eigenvalue weighted by atomic mass is 9.83. The number of likely N-dealkylation sites (tertiary alicyclic amines) is 1. The molecule has 0 aliphatic carbocycles. The van der Waals surface area contributed by atoms with Crippen LogP contribution in [-0.2, 0) is 5.60 Å². The lowest BCUT2D eigenvalue weighted by Crippen LogP contribution is -2.40. The van der Waals surface area contributed by atoms with Crippen molar-refractivity contribution in [1.29, 1.82) is 0 Å². The number of pyridine rings is 1. The van der Waals surface area contributed by atoms with E-state index in [0.717, 1.165) is 42.4 Å². The molecule has 0 unspecified atom stereocenters. The van der Waals surface area contributed by atoms with E-state index in [1.165, 1.54) is 0 Å². The van der Waals surface area contributed by atoms with Crippen LogP contribution in [0.1, 0.15) is 18.4 Å². The van der Waals surface area contributed by atoms with E-state index >= 15 is 0 Å². The Kier molecular flexibility index (Phi) is 2.80. The molecule has 1 aliphatic rings. The average molecular weight is 242 g/mol. The summed E-state index contributed by atoms with van der Waals surface area (Å²) in [6.07, 6.45) is 3.38. The van der Waals surface area contributed by atoms with Crippen LogP contribution in [0.15, 0.2) is 36.5 Å². The fraction of sp³-hybridized carbons (Fsp3) is 0.400. The van der Waals surface area contributed by atoms with Crippen molar-refractivity contribution in [3.8, 4) is 0 Å². The Labute approximate surface area is 107 Å². The summed E-state index contributed by atoms with van der Waals surface area (Å²) >= 11 is 0. The van der Waals surface area contributed by atoms with Crippen molar-refractivity contribution in [1.82, 2.24) is 9.88 Å². The summed E-state index contributed by atoms with van der Waals surface area (Å²) in [5.74, 6) is 0. The Bertz CT molecular complexity index is 554. The van der Waals surface area contributed by atoms with Crippen molar-refractivity contribution in [2.45, 2.75) is 18.4 Å². The number of aromatic nitrogens is 1. The molecule has 0 atom stereocenters. The fourth-order valence-corrected chi connectivity index (χ4v) is 2.76. The van der Waals surface area contributed by atoms with Gasteiger partial charge in [0, 0.05) is 24.7 Å². The van der Waals surface area contributed by atoms with Crippen LogP contribution in [0.2, 0.25) is 0 Å². The fourth-order valence-electron chi connectivity index (χ4n) is 2.76. The largest absolute Gasteiger partial charge is 0.385 e. The molecule has 0 amide bonds. The first-order chi connectivity index (χ1) is 8.69. The van der Waals surface area contributed by atoms with Crippen molar-refractivity contribution in [3.63, 3.8) is 0 Å². The minimum atomic E-state index is -0.699. The predicted octanol–water partition coefficient (Wildman–Crippen LogP) is 2.15. The monoisotopic (exact) mass is 242 g/mol. The maximum Gasteiger partial charge on any atom is 0.0928 e. The molecule has 0 radical (unpaired) electrons. The summed E-state index contributed by atoms with van der Waals surface area (Å²) in [5.41, 5.74) is 1.29. The van der Waals surface area contributed by atoms with Crippen molar-refractivity contribution in [3.05, 3.63) is 42.1 Å². The smallest absolute Gasteiger partial charge is 0.0928 e. The lowest BCUT2D eigenvalue weighted by molar-refractivity contribution is -0.0191. The molecule has 1 aliphatic heterocycles. The molecular weight excluding hydrogens is 224 g/mol. The van der Waals surface area contributed by atoms with E-state index in [9.17, 15) is 5.11 Å². The van der Waals surface area contributed by atoms with Crippen LogP contribution in [0.5, 0.6) is 0 Å². The van der Waals surface area contributed by atoms with Crippen molar-refractivity contribution >= 4 is 10.9 Å². The average Bonchev–Trinajstić information content (AvgIpc) is 2.42. The number of fused-ring (bicyclic) bond motifs is 1. The molecule has 1 aromatic carbocycles. The van der Waals surface area contributed by atoms with Gasteiger partial charge in [0.05, 0.1) is 11.1 Å². The van der Waals surface area contributed by atoms with Gasteiger partial charge in [-0.25, -0.2) is 0 Å². The highest BCUT2D eigenvalue weighted by molar-refractivity contribution is 5.82. The van der Waals surface area contributed by atoms with Gasteiger partial charge in [-0.3, -0.25) is 4.98 Å². The highest BCUT2D eigenvalue weighted by Gasteiger charge is 2.34. The van der Waals surface area contributed by atoms with E-state index in [0.29, 0.717) is 0 Å². The normalized spacial score (nSPS) is 20.1. The molecular formula is C15H18N2O. The van der Waals surface area contributed by atoms with Crippen molar-refractivity contribution in [2.75, 3.05) is 20.1 Å². The van der Waals surface area contributed by atoms with Crippen molar-refractivity contribution < 1.29 is 5.11 Å². The molecule has 2 heterocycles. The highest BCUT2D eigenvalue weighted by atomic mass is 16.3. The Morgan fingerprint density at radius 2 is 1.89 bits per heavy atom. The first kappa shape index (κ1) is 11.6. The lowest BCUT2D eigenvalue weighted by Gasteiger charge is -2.37. The summed E-state index contributed by atoms with van der Waals surface area (Å²) < 4.78 is 0. The third-order valence-electron chi connectivity index (χ3n) is 3.96. The van der Waals surface area contributed by atoms with Crippen LogP contribution >= 0.6 is 0 Å². The highest BCUT2D eigenvalue weighted by Crippen LogP contribution is 2.35. The van der Waals surface area contributed by atoms with Crippen LogP contribution in [0.25, 0.3) is 10.9 Å². The number of nitrogens with zero attached hydrogens (tertiary/aromatic N) is 2. The van der Waals surface area contributed by atoms with Crippen LogP contribution in [0, 0.1) is 0 Å². The van der Waals surface area contributed by atoms with Gasteiger partial charge in [0.15, 0.2) is 0 Å². The number of aliphatic hydroxyl groups is 1. The molecule has 1 saturated heterocycles. The number of para-hydroxylation sites is 1. The summed E-state index contributed by atoms with van der Waals surface area (Å²) in [6, 6.07) is 10.0. The zero-order valence-electron chi connectivity index (χ0n) is 10.6. The van der Waals surface area contributed by atoms with Gasteiger partial charge in [0.25, 0.3) is 0 Å². The van der Waals surface area contributed by atoms with E-state index in [-0.39, 0.29) is 0 Å². The van der Waals surface area contributed by atoms with Crippen LogP contribution in [0.3, 0.4) is 0 Å². The molecule has 0 spiro atoms. The maximum atomic E-state index is 10.9. The van der Waals surface area contributed by atoms with Gasteiger partial charge < -0.3 is 10.0 Å². The second-order valence-electron chi connectivity index (χ2n) is 5.21. The van der Waals surface area contributed by atoms with E-state index in [2.05, 4.69) is 16.9 Å². The minimum Gasteiger partial charge on any atom is -0.385 e.